The van der Waals surface area contributed by atoms with Crippen molar-refractivity contribution in [2.75, 3.05) is 38.0 Å². The van der Waals surface area contributed by atoms with E-state index in [-0.39, 0.29) is 11.6 Å². The molecule has 0 spiro atoms. The van der Waals surface area contributed by atoms with Gasteiger partial charge in [0.15, 0.2) is 11.6 Å². The molecule has 0 saturated carbocycles. The molecular weight excluding hydrogens is 276 g/mol. The number of carbonyl (C=O) groups is 1. The number of nitrogens with one attached hydrogen (secondary N) is 2. The van der Waals surface area contributed by atoms with Gasteiger partial charge in [0.25, 0.3) is 0 Å². The smallest absolute Gasteiger partial charge is 0.238 e. The van der Waals surface area contributed by atoms with Gasteiger partial charge in [-0.05, 0) is 50.0 Å². The topological polar surface area (TPSA) is 44.4 Å². The molecule has 114 valence electrons. The molecule has 1 aromatic rings. The molecule has 3 rings (SSSR count). The lowest BCUT2D eigenvalue weighted by atomic mass is 9.89. The molecule has 2 atom stereocenters. The van der Waals surface area contributed by atoms with Crippen LogP contribution in [0.25, 0.3) is 0 Å². The SMILES string of the molecule is O=C(CN1CCC2CNCC2C1)Nc1ccc(F)c(F)c1. The van der Waals surface area contributed by atoms with Gasteiger partial charge < -0.3 is 10.6 Å². The molecule has 1 aromatic carbocycles. The number of likely N-dealkylation sites (tertiary alicyclic amines) is 1. The number of fused-ring (bicyclic) bond motifs is 1. The number of hydrogen-bond acceptors (Lipinski definition) is 3. The number of nitrogens with zero attached hydrogens (tertiary/aromatic N) is 1. The van der Waals surface area contributed by atoms with Crippen LogP contribution >= 0.6 is 0 Å². The van der Waals surface area contributed by atoms with E-state index in [0.29, 0.717) is 12.5 Å². The average molecular weight is 295 g/mol. The minimum absolute atomic E-state index is 0.189. The standard InChI is InChI=1S/C15H19F2N3O/c16-13-2-1-12(5-14(13)17)19-15(21)9-20-4-3-10-6-18-7-11(10)8-20/h1-2,5,10-11,18H,3-4,6-9H2,(H,19,21). The predicted molar refractivity (Wildman–Crippen MR) is 75.9 cm³/mol. The number of benzene rings is 1. The number of carbonyl (C=O) groups excluding carboxylic acids is 1. The first kappa shape index (κ1) is 14.4. The first-order chi connectivity index (χ1) is 10.1. The molecule has 0 aliphatic carbocycles. The molecule has 6 heteroatoms. The van der Waals surface area contributed by atoms with Gasteiger partial charge in [-0.25, -0.2) is 8.78 Å². The van der Waals surface area contributed by atoms with Gasteiger partial charge >= 0.3 is 0 Å². The Hall–Kier alpha value is -1.53. The predicted octanol–water partition coefficient (Wildman–Crippen LogP) is 1.44. The van der Waals surface area contributed by atoms with Crippen molar-refractivity contribution in [1.29, 1.82) is 0 Å². The molecule has 2 aliphatic heterocycles. The second-order valence-electron chi connectivity index (χ2n) is 5.88. The van der Waals surface area contributed by atoms with E-state index in [9.17, 15) is 13.6 Å². The molecule has 0 radical (unpaired) electrons. The van der Waals surface area contributed by atoms with E-state index >= 15 is 0 Å². The van der Waals surface area contributed by atoms with Crippen molar-refractivity contribution < 1.29 is 13.6 Å². The summed E-state index contributed by atoms with van der Waals surface area (Å²) in [5, 5.41) is 6.00. The van der Waals surface area contributed by atoms with Crippen molar-refractivity contribution in [2.45, 2.75) is 6.42 Å². The maximum absolute atomic E-state index is 13.1. The Bertz CT molecular complexity index is 538. The summed E-state index contributed by atoms with van der Waals surface area (Å²) in [5.41, 5.74) is 0.288. The molecule has 0 aromatic heterocycles. The van der Waals surface area contributed by atoms with Gasteiger partial charge in [-0.2, -0.15) is 0 Å². The largest absolute Gasteiger partial charge is 0.325 e. The van der Waals surface area contributed by atoms with E-state index in [1.807, 2.05) is 0 Å². The van der Waals surface area contributed by atoms with Crippen molar-refractivity contribution in [3.05, 3.63) is 29.8 Å². The third-order valence-electron chi connectivity index (χ3n) is 4.36. The Morgan fingerprint density at radius 3 is 2.90 bits per heavy atom. The third-order valence-corrected chi connectivity index (χ3v) is 4.36. The summed E-state index contributed by atoms with van der Waals surface area (Å²) in [7, 11) is 0. The van der Waals surface area contributed by atoms with Gasteiger partial charge in [-0.1, -0.05) is 0 Å². The van der Waals surface area contributed by atoms with E-state index < -0.39 is 11.6 Å². The highest BCUT2D eigenvalue weighted by molar-refractivity contribution is 5.92. The van der Waals surface area contributed by atoms with Crippen LogP contribution < -0.4 is 10.6 Å². The second kappa shape index (κ2) is 6.07. The van der Waals surface area contributed by atoms with Crippen LogP contribution in [-0.4, -0.2) is 43.5 Å². The molecule has 2 unspecified atom stereocenters. The average Bonchev–Trinajstić information content (AvgIpc) is 2.90. The molecule has 2 N–H and O–H groups in total. The number of rotatable bonds is 3. The van der Waals surface area contributed by atoms with Crippen LogP contribution in [0.4, 0.5) is 14.5 Å². The summed E-state index contributed by atoms with van der Waals surface area (Å²) < 4.78 is 25.9. The monoisotopic (exact) mass is 295 g/mol. The fourth-order valence-corrected chi connectivity index (χ4v) is 3.23. The lowest BCUT2D eigenvalue weighted by Crippen LogP contribution is -2.43. The lowest BCUT2D eigenvalue weighted by molar-refractivity contribution is -0.117. The number of piperidine rings is 1. The zero-order valence-corrected chi connectivity index (χ0v) is 11.7. The Kier molecular flexibility index (Phi) is 4.17. The van der Waals surface area contributed by atoms with Crippen molar-refractivity contribution in [2.24, 2.45) is 11.8 Å². The highest BCUT2D eigenvalue weighted by Crippen LogP contribution is 2.26. The molecule has 2 aliphatic rings. The van der Waals surface area contributed by atoms with Crippen molar-refractivity contribution in [3.63, 3.8) is 0 Å². The maximum atomic E-state index is 13.1. The molecule has 0 bridgehead atoms. The van der Waals surface area contributed by atoms with Gasteiger partial charge in [-0.3, -0.25) is 9.69 Å². The highest BCUT2D eigenvalue weighted by atomic mass is 19.2. The van der Waals surface area contributed by atoms with E-state index in [4.69, 9.17) is 0 Å². The summed E-state index contributed by atoms with van der Waals surface area (Å²) in [4.78, 5) is 14.1. The quantitative estimate of drug-likeness (QED) is 0.887. The second-order valence-corrected chi connectivity index (χ2v) is 5.88. The Balaban J connectivity index is 1.53. The van der Waals surface area contributed by atoms with Gasteiger partial charge in [0.2, 0.25) is 5.91 Å². The molecular formula is C15H19F2N3O. The first-order valence-corrected chi connectivity index (χ1v) is 7.30. The fourth-order valence-electron chi connectivity index (χ4n) is 3.23. The van der Waals surface area contributed by atoms with Crippen LogP contribution in [0.3, 0.4) is 0 Å². The number of halogens is 2. The summed E-state index contributed by atoms with van der Waals surface area (Å²) in [5.74, 6) is -0.704. The van der Waals surface area contributed by atoms with Gasteiger partial charge in [0, 0.05) is 18.3 Å². The van der Waals surface area contributed by atoms with E-state index in [1.165, 1.54) is 6.07 Å². The summed E-state index contributed by atoms with van der Waals surface area (Å²) >= 11 is 0. The van der Waals surface area contributed by atoms with E-state index in [0.717, 1.165) is 50.7 Å². The molecule has 1 amide bonds. The normalized spacial score (nSPS) is 25.6. The summed E-state index contributed by atoms with van der Waals surface area (Å²) in [6.45, 7) is 4.23. The van der Waals surface area contributed by atoms with Crippen molar-refractivity contribution >= 4 is 11.6 Å². The number of amides is 1. The fraction of sp³-hybridized carbons (Fsp3) is 0.533. The van der Waals surface area contributed by atoms with Crippen LogP contribution in [0.15, 0.2) is 18.2 Å². The maximum Gasteiger partial charge on any atom is 0.238 e. The number of anilines is 1. The van der Waals surface area contributed by atoms with Crippen molar-refractivity contribution in [1.82, 2.24) is 10.2 Å². The summed E-state index contributed by atoms with van der Waals surface area (Å²) in [6.07, 6.45) is 1.11. The Labute approximate surface area is 122 Å². The minimum atomic E-state index is -0.953. The zero-order chi connectivity index (χ0) is 14.8. The first-order valence-electron chi connectivity index (χ1n) is 7.30. The summed E-state index contributed by atoms with van der Waals surface area (Å²) in [6, 6.07) is 3.38. The third kappa shape index (κ3) is 3.39. The van der Waals surface area contributed by atoms with E-state index in [1.54, 1.807) is 0 Å². The van der Waals surface area contributed by atoms with Gasteiger partial charge in [0.1, 0.15) is 0 Å². The van der Waals surface area contributed by atoms with Crippen LogP contribution in [-0.2, 0) is 4.79 Å². The van der Waals surface area contributed by atoms with Gasteiger partial charge in [-0.15, -0.1) is 0 Å². The minimum Gasteiger partial charge on any atom is -0.325 e. The van der Waals surface area contributed by atoms with Crippen molar-refractivity contribution in [3.8, 4) is 0 Å². The van der Waals surface area contributed by atoms with Crippen LogP contribution in [0.5, 0.6) is 0 Å². The van der Waals surface area contributed by atoms with Crippen LogP contribution in [0.2, 0.25) is 0 Å². The molecule has 2 fully saturated rings. The molecule has 2 heterocycles. The lowest BCUT2D eigenvalue weighted by Gasteiger charge is -2.33. The van der Waals surface area contributed by atoms with Gasteiger partial charge in [0.05, 0.1) is 6.54 Å². The van der Waals surface area contributed by atoms with E-state index in [2.05, 4.69) is 15.5 Å². The van der Waals surface area contributed by atoms with Crippen LogP contribution in [0, 0.1) is 23.5 Å². The molecule has 2 saturated heterocycles. The zero-order valence-electron chi connectivity index (χ0n) is 11.7. The van der Waals surface area contributed by atoms with Crippen LogP contribution in [0.1, 0.15) is 6.42 Å². The Morgan fingerprint density at radius 2 is 2.10 bits per heavy atom. The Morgan fingerprint density at radius 1 is 1.29 bits per heavy atom. The molecule has 4 nitrogen and oxygen atoms in total. The highest BCUT2D eigenvalue weighted by Gasteiger charge is 2.33. The molecule has 21 heavy (non-hydrogen) atoms. The number of hydrogen-bond donors (Lipinski definition) is 2.